The molecule has 8 heteroatoms. The van der Waals surface area contributed by atoms with E-state index in [1.807, 2.05) is 0 Å². The van der Waals surface area contributed by atoms with Gasteiger partial charge in [0, 0.05) is 5.41 Å². The van der Waals surface area contributed by atoms with Crippen LogP contribution < -0.4 is 0 Å². The van der Waals surface area contributed by atoms with Gasteiger partial charge in [-0.1, -0.05) is 119 Å². The fourth-order valence-electron chi connectivity index (χ4n) is 5.81. The van der Waals surface area contributed by atoms with Crippen LogP contribution in [0.2, 0.25) is 0 Å². The Morgan fingerprint density at radius 1 is 0.488 bits per heavy atom. The normalized spacial score (nSPS) is 13.9. The van der Waals surface area contributed by atoms with Gasteiger partial charge < -0.3 is 28.6 Å². The van der Waals surface area contributed by atoms with E-state index in [0.717, 1.165) is 11.1 Å². The minimum atomic E-state index is -2.64. The lowest BCUT2D eigenvalue weighted by Crippen LogP contribution is -2.39. The molecule has 0 amide bonds. The molecule has 4 N–H and O–H groups in total. The van der Waals surface area contributed by atoms with Crippen molar-refractivity contribution in [1.82, 2.24) is 0 Å². The van der Waals surface area contributed by atoms with E-state index in [2.05, 4.69) is 119 Å². The Bertz CT molecular complexity index is 992. The maximum absolute atomic E-state index is 9.92. The van der Waals surface area contributed by atoms with Crippen LogP contribution in [0.3, 0.4) is 0 Å². The van der Waals surface area contributed by atoms with Crippen LogP contribution in [0.4, 0.5) is 0 Å². The number of hydrogen-bond donors (Lipinski definition) is 4. The second-order valence-corrected chi connectivity index (χ2v) is 17.1. The van der Waals surface area contributed by atoms with Crippen LogP contribution in [0.25, 0.3) is 0 Å². The van der Waals surface area contributed by atoms with E-state index in [0.29, 0.717) is 12.8 Å². The Kier molecular flexibility index (Phi) is 11.8. The van der Waals surface area contributed by atoms with Gasteiger partial charge in [0.05, 0.1) is 13.2 Å². The average Bonchev–Trinajstić information content (AvgIpc) is 2.78. The zero-order valence-corrected chi connectivity index (χ0v) is 29.1. The van der Waals surface area contributed by atoms with Gasteiger partial charge in [-0.15, -0.1) is 0 Å². The second kappa shape index (κ2) is 13.4. The number of benzene rings is 2. The molecule has 0 aromatic heterocycles. The van der Waals surface area contributed by atoms with Crippen LogP contribution in [0, 0.1) is 5.41 Å². The van der Waals surface area contributed by atoms with Crippen LogP contribution >= 0.6 is 17.2 Å². The third kappa shape index (κ3) is 10.1. The molecular weight excluding hydrogens is 554 g/mol. The minimum Gasteiger partial charge on any atom is -0.328 e. The van der Waals surface area contributed by atoms with Crippen LogP contribution in [-0.2, 0) is 43.5 Å². The predicted octanol–water partition coefficient (Wildman–Crippen LogP) is 8.10. The van der Waals surface area contributed by atoms with Gasteiger partial charge >= 0.3 is 17.2 Å². The van der Waals surface area contributed by atoms with E-state index >= 15 is 0 Å². The lowest BCUT2D eigenvalue weighted by Gasteiger charge is -2.40. The summed E-state index contributed by atoms with van der Waals surface area (Å²) >= 11 is 0. The van der Waals surface area contributed by atoms with Crippen molar-refractivity contribution in [3.63, 3.8) is 0 Å². The molecule has 2 rings (SSSR count). The molecule has 0 saturated carbocycles. The highest BCUT2D eigenvalue weighted by molar-refractivity contribution is 7.39. The zero-order chi connectivity index (χ0) is 31.6. The molecule has 0 fully saturated rings. The first-order chi connectivity index (χ1) is 18.5. The van der Waals surface area contributed by atoms with Gasteiger partial charge in [0.15, 0.2) is 0 Å². The molecule has 6 nitrogen and oxygen atoms in total. The summed E-state index contributed by atoms with van der Waals surface area (Å²) in [5.74, 6) is 0. The number of rotatable bonds is 10. The Labute approximate surface area is 251 Å². The van der Waals surface area contributed by atoms with E-state index in [-0.39, 0.29) is 34.9 Å². The molecule has 0 bridgehead atoms. The highest BCUT2D eigenvalue weighted by Gasteiger charge is 2.40. The van der Waals surface area contributed by atoms with Gasteiger partial charge in [-0.25, -0.2) is 0 Å². The standard InChI is InChI=1S/C33H54O6P2/c1-29(2,3)25-15-13-16-26(30(4,5)6)23(25)19-33(21-38-40(34)35,22-39-41(36)37)20-24-27(31(7,8)9)17-14-18-28(24)32(10,11)12/h13-18,34-37H,19-22H2,1-12H3. The fraction of sp³-hybridized carbons (Fsp3) is 0.636. The van der Waals surface area contributed by atoms with Gasteiger partial charge in [-0.05, 0) is 67.9 Å². The number of hydrogen-bond acceptors (Lipinski definition) is 6. The monoisotopic (exact) mass is 608 g/mol. The zero-order valence-electron chi connectivity index (χ0n) is 27.3. The molecule has 0 aliphatic carbocycles. The summed E-state index contributed by atoms with van der Waals surface area (Å²) < 4.78 is 11.3. The summed E-state index contributed by atoms with van der Waals surface area (Å²) in [6.07, 6.45) is 0.975. The Morgan fingerprint density at radius 2 is 0.732 bits per heavy atom. The molecule has 2 aromatic carbocycles. The molecule has 0 spiro atoms. The van der Waals surface area contributed by atoms with Crippen molar-refractivity contribution in [3.05, 3.63) is 69.8 Å². The lowest BCUT2D eigenvalue weighted by molar-refractivity contribution is 0.0636. The van der Waals surface area contributed by atoms with Crippen LogP contribution in [0.15, 0.2) is 36.4 Å². The van der Waals surface area contributed by atoms with E-state index < -0.39 is 22.6 Å². The molecular formula is C33H54O6P2. The summed E-state index contributed by atoms with van der Waals surface area (Å²) in [5, 5.41) is 0. The molecule has 0 aliphatic rings. The molecule has 0 unspecified atom stereocenters. The van der Waals surface area contributed by atoms with E-state index in [4.69, 9.17) is 9.05 Å². The predicted molar refractivity (Wildman–Crippen MR) is 172 cm³/mol. The van der Waals surface area contributed by atoms with Crippen LogP contribution in [0.1, 0.15) is 116 Å². The van der Waals surface area contributed by atoms with Gasteiger partial charge in [-0.3, -0.25) is 0 Å². The summed E-state index contributed by atoms with van der Waals surface area (Å²) in [4.78, 5) is 39.7. The van der Waals surface area contributed by atoms with E-state index in [9.17, 15) is 19.6 Å². The van der Waals surface area contributed by atoms with Crippen molar-refractivity contribution >= 4 is 17.2 Å². The Morgan fingerprint density at radius 3 is 0.927 bits per heavy atom. The van der Waals surface area contributed by atoms with Gasteiger partial charge in [0.1, 0.15) is 0 Å². The van der Waals surface area contributed by atoms with E-state index in [1.165, 1.54) is 22.3 Å². The lowest BCUT2D eigenvalue weighted by atomic mass is 9.67. The molecule has 0 radical (unpaired) electrons. The van der Waals surface area contributed by atoms with Crippen molar-refractivity contribution in [3.8, 4) is 0 Å². The van der Waals surface area contributed by atoms with Crippen LogP contribution in [0.5, 0.6) is 0 Å². The third-order valence-corrected chi connectivity index (χ3v) is 8.38. The van der Waals surface area contributed by atoms with E-state index in [1.54, 1.807) is 0 Å². The first kappa shape index (κ1) is 36.3. The fourth-order valence-corrected chi connectivity index (χ4v) is 6.59. The quantitative estimate of drug-likeness (QED) is 0.204. The summed E-state index contributed by atoms with van der Waals surface area (Å²) in [6.45, 7) is 26.3. The topological polar surface area (TPSA) is 99.4 Å². The molecule has 0 saturated heterocycles. The summed E-state index contributed by atoms with van der Waals surface area (Å²) in [6, 6.07) is 12.9. The Hall–Kier alpha value is -0.940. The van der Waals surface area contributed by atoms with Gasteiger partial charge in [0.2, 0.25) is 0 Å². The van der Waals surface area contributed by atoms with Gasteiger partial charge in [-0.2, -0.15) is 0 Å². The molecule has 232 valence electrons. The van der Waals surface area contributed by atoms with Crippen molar-refractivity contribution in [2.75, 3.05) is 13.2 Å². The molecule has 0 atom stereocenters. The highest BCUT2D eigenvalue weighted by Crippen LogP contribution is 2.45. The average molecular weight is 609 g/mol. The molecule has 0 aliphatic heterocycles. The smallest absolute Gasteiger partial charge is 0.327 e. The minimum absolute atomic E-state index is 0.0288. The largest absolute Gasteiger partial charge is 0.328 e. The van der Waals surface area contributed by atoms with Crippen molar-refractivity contribution in [2.24, 2.45) is 5.41 Å². The maximum atomic E-state index is 9.92. The first-order valence-electron chi connectivity index (χ1n) is 14.4. The summed E-state index contributed by atoms with van der Waals surface area (Å²) in [7, 11) is -5.27. The SMILES string of the molecule is CC(C)(C)c1cccc(C(C)(C)C)c1CC(COP(O)O)(COP(O)O)Cc1c(C(C)(C)C)cccc1C(C)(C)C. The first-order valence-corrected chi connectivity index (χ1v) is 16.7. The molecule has 0 heterocycles. The maximum Gasteiger partial charge on any atom is 0.327 e. The molecule has 2 aromatic rings. The van der Waals surface area contributed by atoms with Gasteiger partial charge in [0.25, 0.3) is 0 Å². The third-order valence-electron chi connectivity index (χ3n) is 7.66. The van der Waals surface area contributed by atoms with Crippen LogP contribution in [-0.4, -0.2) is 32.8 Å². The van der Waals surface area contributed by atoms with Crippen molar-refractivity contribution in [2.45, 2.75) is 118 Å². The molecule has 41 heavy (non-hydrogen) atoms. The van der Waals surface area contributed by atoms with Crippen molar-refractivity contribution in [1.29, 1.82) is 0 Å². The van der Waals surface area contributed by atoms with Crippen molar-refractivity contribution < 1.29 is 28.6 Å². The Balaban J connectivity index is 2.97. The summed E-state index contributed by atoms with van der Waals surface area (Å²) in [5.41, 5.74) is 5.60. The highest BCUT2D eigenvalue weighted by atomic mass is 31.2. The second-order valence-electron chi connectivity index (χ2n) is 15.6.